The second-order valence-corrected chi connectivity index (χ2v) is 19.2. The van der Waals surface area contributed by atoms with Crippen molar-refractivity contribution in [1.29, 1.82) is 0 Å². The van der Waals surface area contributed by atoms with E-state index in [1.807, 2.05) is 0 Å². The van der Waals surface area contributed by atoms with Crippen LogP contribution in [0.2, 0.25) is 0 Å². The van der Waals surface area contributed by atoms with Crippen LogP contribution >= 0.6 is 0 Å². The van der Waals surface area contributed by atoms with Crippen molar-refractivity contribution in [3.05, 3.63) is 36.5 Å². The summed E-state index contributed by atoms with van der Waals surface area (Å²) in [7, 11) is 0. The molecule has 0 spiro atoms. The van der Waals surface area contributed by atoms with E-state index in [0.29, 0.717) is 19.3 Å². The first-order valence-corrected chi connectivity index (χ1v) is 28.5. The zero-order valence-corrected chi connectivity index (χ0v) is 43.5. The average molecular weight is 914 g/mol. The fraction of sp³-hybridized carbons (Fsp3) is 0.847. The van der Waals surface area contributed by atoms with Gasteiger partial charge in [-0.25, -0.2) is 0 Å². The van der Waals surface area contributed by atoms with Crippen molar-refractivity contribution in [2.75, 3.05) is 13.2 Å². The molecule has 0 aromatic carbocycles. The molecule has 0 bridgehead atoms. The Morgan fingerprint density at radius 2 is 0.600 bits per heavy atom. The molecule has 0 radical (unpaired) electrons. The van der Waals surface area contributed by atoms with Crippen molar-refractivity contribution in [1.82, 2.24) is 0 Å². The van der Waals surface area contributed by atoms with Crippen LogP contribution in [0.5, 0.6) is 0 Å². The Balaban J connectivity index is 4.35. The summed E-state index contributed by atoms with van der Waals surface area (Å²) >= 11 is 0. The summed E-state index contributed by atoms with van der Waals surface area (Å²) in [6, 6.07) is 0. The van der Waals surface area contributed by atoms with E-state index in [9.17, 15) is 14.4 Å². The molecule has 6 heteroatoms. The predicted octanol–water partition coefficient (Wildman–Crippen LogP) is 18.9. The van der Waals surface area contributed by atoms with E-state index in [0.717, 1.165) is 96.3 Å². The van der Waals surface area contributed by atoms with Crippen LogP contribution in [0.1, 0.15) is 303 Å². The minimum absolute atomic E-state index is 0.0744. The zero-order chi connectivity index (χ0) is 47.2. The Morgan fingerprint density at radius 1 is 0.323 bits per heavy atom. The number of ether oxygens (including phenoxy) is 3. The molecule has 380 valence electrons. The molecule has 0 fully saturated rings. The first kappa shape index (κ1) is 62.6. The highest BCUT2D eigenvalue weighted by Gasteiger charge is 2.19. The highest BCUT2D eigenvalue weighted by Crippen LogP contribution is 2.17. The van der Waals surface area contributed by atoms with Crippen molar-refractivity contribution >= 4 is 17.9 Å². The Bertz CT molecular complexity index is 1090. The van der Waals surface area contributed by atoms with Gasteiger partial charge in [-0.15, -0.1) is 0 Å². The number of carbonyl (C=O) groups is 3. The molecule has 0 aliphatic heterocycles. The Morgan fingerprint density at radius 3 is 0.938 bits per heavy atom. The van der Waals surface area contributed by atoms with E-state index in [-0.39, 0.29) is 31.1 Å². The number of hydrogen-bond donors (Lipinski definition) is 0. The SMILES string of the molecule is CC/C=C\C/C=C\C/C=C\CCCCCCCC(=O)O[C@H](COC(=O)CCCCCCCCCCCCCCCCC)COC(=O)CCCCCCCCCCCCCCCCCCC. The van der Waals surface area contributed by atoms with Crippen molar-refractivity contribution < 1.29 is 28.6 Å². The predicted molar refractivity (Wildman–Crippen MR) is 279 cm³/mol. The molecule has 65 heavy (non-hydrogen) atoms. The highest BCUT2D eigenvalue weighted by molar-refractivity contribution is 5.71. The first-order valence-electron chi connectivity index (χ1n) is 28.5. The van der Waals surface area contributed by atoms with Gasteiger partial charge in [-0.3, -0.25) is 14.4 Å². The minimum Gasteiger partial charge on any atom is -0.462 e. The van der Waals surface area contributed by atoms with Crippen LogP contribution in [0.15, 0.2) is 36.5 Å². The van der Waals surface area contributed by atoms with Crippen LogP contribution in [0, 0.1) is 0 Å². The van der Waals surface area contributed by atoms with E-state index >= 15 is 0 Å². The molecule has 1 atom stereocenters. The molecule has 0 aromatic heterocycles. The van der Waals surface area contributed by atoms with Gasteiger partial charge in [-0.05, 0) is 51.4 Å². The molecule has 0 amide bonds. The Kier molecular flexibility index (Phi) is 52.3. The second kappa shape index (κ2) is 54.2. The molecule has 0 aliphatic rings. The monoisotopic (exact) mass is 913 g/mol. The standard InChI is InChI=1S/C59H108O6/c1-4-7-10-13-16-19-22-25-28-29-32-34-37-40-43-46-49-52-58(61)64-55-56(65-59(62)53-50-47-44-41-38-35-31-27-24-21-18-15-12-9-6-3)54-63-57(60)51-48-45-42-39-36-33-30-26-23-20-17-14-11-8-5-2/h9,12,18,21,27,31,56H,4-8,10-11,13-17,19-20,22-26,28-30,32-55H2,1-3H3/b12-9-,21-18-,31-27-/t56-/m1/s1. The lowest BCUT2D eigenvalue weighted by Crippen LogP contribution is -2.30. The van der Waals surface area contributed by atoms with Gasteiger partial charge in [0.1, 0.15) is 13.2 Å². The Hall–Kier alpha value is -2.37. The molecule has 0 saturated heterocycles. The quantitative estimate of drug-likeness (QED) is 0.0262. The van der Waals surface area contributed by atoms with E-state index < -0.39 is 6.10 Å². The topological polar surface area (TPSA) is 78.9 Å². The third kappa shape index (κ3) is 52.5. The van der Waals surface area contributed by atoms with Crippen LogP contribution in [0.4, 0.5) is 0 Å². The minimum atomic E-state index is -0.776. The molecule has 6 nitrogen and oxygen atoms in total. The molecule has 0 unspecified atom stereocenters. The molecule has 0 N–H and O–H groups in total. The molecular weight excluding hydrogens is 805 g/mol. The first-order chi connectivity index (χ1) is 32.0. The number of rotatable bonds is 52. The van der Waals surface area contributed by atoms with Gasteiger partial charge in [-0.1, -0.05) is 269 Å². The van der Waals surface area contributed by atoms with Gasteiger partial charge in [0.15, 0.2) is 6.10 Å². The van der Waals surface area contributed by atoms with Crippen molar-refractivity contribution in [2.45, 2.75) is 309 Å². The largest absolute Gasteiger partial charge is 0.462 e. The van der Waals surface area contributed by atoms with Gasteiger partial charge in [0.2, 0.25) is 0 Å². The summed E-state index contributed by atoms with van der Waals surface area (Å²) in [6.45, 7) is 6.56. The van der Waals surface area contributed by atoms with Gasteiger partial charge >= 0.3 is 17.9 Å². The second-order valence-electron chi connectivity index (χ2n) is 19.2. The van der Waals surface area contributed by atoms with Gasteiger partial charge < -0.3 is 14.2 Å². The lowest BCUT2D eigenvalue weighted by atomic mass is 10.0. The smallest absolute Gasteiger partial charge is 0.306 e. The third-order valence-electron chi connectivity index (χ3n) is 12.7. The highest BCUT2D eigenvalue weighted by atomic mass is 16.6. The molecule has 0 aliphatic carbocycles. The number of esters is 3. The fourth-order valence-electron chi connectivity index (χ4n) is 8.40. The van der Waals surface area contributed by atoms with Crippen LogP contribution < -0.4 is 0 Å². The molecule has 0 heterocycles. The zero-order valence-electron chi connectivity index (χ0n) is 43.5. The maximum absolute atomic E-state index is 12.8. The average Bonchev–Trinajstić information content (AvgIpc) is 3.30. The maximum Gasteiger partial charge on any atom is 0.306 e. The van der Waals surface area contributed by atoms with Crippen molar-refractivity contribution in [2.24, 2.45) is 0 Å². The third-order valence-corrected chi connectivity index (χ3v) is 12.7. The molecule has 0 aromatic rings. The molecular formula is C59H108O6. The fourth-order valence-corrected chi connectivity index (χ4v) is 8.40. The van der Waals surface area contributed by atoms with Crippen LogP contribution in [-0.4, -0.2) is 37.2 Å². The van der Waals surface area contributed by atoms with Gasteiger partial charge in [0.05, 0.1) is 0 Å². The van der Waals surface area contributed by atoms with E-state index in [2.05, 4.69) is 57.2 Å². The van der Waals surface area contributed by atoms with Crippen LogP contribution in [0.3, 0.4) is 0 Å². The summed E-state index contributed by atoms with van der Waals surface area (Å²) in [5.74, 6) is -0.872. The number of hydrogen-bond acceptors (Lipinski definition) is 6. The Labute approximate surface area is 404 Å². The summed E-state index contributed by atoms with van der Waals surface area (Å²) < 4.78 is 16.9. The van der Waals surface area contributed by atoms with E-state index in [4.69, 9.17) is 14.2 Å². The summed E-state index contributed by atoms with van der Waals surface area (Å²) in [5, 5.41) is 0. The summed E-state index contributed by atoms with van der Waals surface area (Å²) in [5.41, 5.74) is 0. The van der Waals surface area contributed by atoms with Crippen LogP contribution in [0.25, 0.3) is 0 Å². The number of allylic oxidation sites excluding steroid dienone is 6. The van der Waals surface area contributed by atoms with Crippen LogP contribution in [-0.2, 0) is 28.6 Å². The van der Waals surface area contributed by atoms with E-state index in [1.165, 1.54) is 167 Å². The van der Waals surface area contributed by atoms with Gasteiger partial charge in [-0.2, -0.15) is 0 Å². The molecule has 0 saturated carbocycles. The lowest BCUT2D eigenvalue weighted by Gasteiger charge is -2.18. The normalized spacial score (nSPS) is 12.2. The number of carbonyl (C=O) groups excluding carboxylic acids is 3. The van der Waals surface area contributed by atoms with Crippen molar-refractivity contribution in [3.8, 4) is 0 Å². The van der Waals surface area contributed by atoms with Gasteiger partial charge in [0, 0.05) is 19.3 Å². The lowest BCUT2D eigenvalue weighted by molar-refractivity contribution is -0.167. The maximum atomic E-state index is 12.8. The van der Waals surface area contributed by atoms with Gasteiger partial charge in [0.25, 0.3) is 0 Å². The van der Waals surface area contributed by atoms with Crippen molar-refractivity contribution in [3.63, 3.8) is 0 Å². The summed E-state index contributed by atoms with van der Waals surface area (Å²) in [6.07, 6.45) is 64.2. The summed E-state index contributed by atoms with van der Waals surface area (Å²) in [4.78, 5) is 38.1. The molecule has 0 rings (SSSR count). The number of unbranched alkanes of at least 4 members (excludes halogenated alkanes) is 35. The van der Waals surface area contributed by atoms with E-state index in [1.54, 1.807) is 0 Å².